The molecule has 1 saturated heterocycles. The summed E-state index contributed by atoms with van der Waals surface area (Å²) in [6.45, 7) is 4.79. The van der Waals surface area contributed by atoms with Crippen LogP contribution in [0.15, 0.2) is 30.5 Å². The molecule has 8 heteroatoms. The number of benzene rings is 1. The normalized spacial score (nSPS) is 14.6. The Hall–Kier alpha value is -2.05. The van der Waals surface area contributed by atoms with E-state index in [-0.39, 0.29) is 11.2 Å². The summed E-state index contributed by atoms with van der Waals surface area (Å²) in [5.41, 5.74) is 1.98. The number of amides is 1. The molecule has 2 heterocycles. The van der Waals surface area contributed by atoms with Gasteiger partial charge in [-0.1, -0.05) is 11.6 Å². The summed E-state index contributed by atoms with van der Waals surface area (Å²) in [5, 5.41) is 3.67. The number of anilines is 3. The second kappa shape index (κ2) is 7.23. The van der Waals surface area contributed by atoms with Gasteiger partial charge in [0.15, 0.2) is 5.82 Å². The zero-order valence-electron chi connectivity index (χ0n) is 13.2. The predicted molar refractivity (Wildman–Crippen MR) is 96.2 cm³/mol. The fraction of sp³-hybridized carbons (Fsp3) is 0.312. The van der Waals surface area contributed by atoms with Crippen LogP contribution in [0.3, 0.4) is 0 Å². The van der Waals surface area contributed by atoms with Crippen molar-refractivity contribution in [2.45, 2.75) is 6.92 Å². The minimum absolute atomic E-state index is 0.134. The van der Waals surface area contributed by atoms with Crippen LogP contribution in [0.25, 0.3) is 0 Å². The van der Waals surface area contributed by atoms with E-state index in [4.69, 9.17) is 23.2 Å². The summed E-state index contributed by atoms with van der Waals surface area (Å²) in [4.78, 5) is 23.4. The number of carbonyl (C=O) groups is 1. The van der Waals surface area contributed by atoms with Crippen LogP contribution in [0.5, 0.6) is 0 Å². The van der Waals surface area contributed by atoms with Crippen LogP contribution in [0.4, 0.5) is 17.2 Å². The molecular weight excluding hydrogens is 349 g/mol. The SMILES string of the molecule is CC(=O)N1CCN(c2ccc(Nc3nc(Cl)ncc3Cl)cc2)CC1. The van der Waals surface area contributed by atoms with Crippen molar-refractivity contribution >= 4 is 46.3 Å². The number of rotatable bonds is 3. The minimum atomic E-state index is 0.134. The van der Waals surface area contributed by atoms with E-state index in [0.29, 0.717) is 10.8 Å². The highest BCUT2D eigenvalue weighted by molar-refractivity contribution is 6.33. The number of halogens is 2. The lowest BCUT2D eigenvalue weighted by atomic mass is 10.2. The first-order valence-electron chi connectivity index (χ1n) is 7.58. The van der Waals surface area contributed by atoms with Crippen LogP contribution in [0.2, 0.25) is 10.3 Å². The lowest BCUT2D eigenvalue weighted by molar-refractivity contribution is -0.129. The molecular formula is C16H17Cl2N5O. The average Bonchev–Trinajstić information content (AvgIpc) is 2.59. The quantitative estimate of drug-likeness (QED) is 0.846. The summed E-state index contributed by atoms with van der Waals surface area (Å²) in [5.74, 6) is 0.606. The molecule has 0 spiro atoms. The Bertz CT molecular complexity index is 730. The molecule has 1 N–H and O–H groups in total. The first-order chi connectivity index (χ1) is 11.5. The van der Waals surface area contributed by atoms with E-state index in [2.05, 4.69) is 20.2 Å². The zero-order valence-corrected chi connectivity index (χ0v) is 14.7. The van der Waals surface area contributed by atoms with E-state index < -0.39 is 0 Å². The Morgan fingerprint density at radius 3 is 2.42 bits per heavy atom. The molecule has 0 aliphatic carbocycles. The molecule has 24 heavy (non-hydrogen) atoms. The highest BCUT2D eigenvalue weighted by Crippen LogP contribution is 2.25. The first kappa shape index (κ1) is 16.8. The highest BCUT2D eigenvalue weighted by atomic mass is 35.5. The second-order valence-electron chi connectivity index (χ2n) is 5.50. The van der Waals surface area contributed by atoms with Gasteiger partial charge < -0.3 is 15.1 Å². The van der Waals surface area contributed by atoms with Crippen LogP contribution in [0.1, 0.15) is 6.92 Å². The monoisotopic (exact) mass is 365 g/mol. The summed E-state index contributed by atoms with van der Waals surface area (Å²) in [7, 11) is 0. The Labute approximate surface area is 150 Å². The highest BCUT2D eigenvalue weighted by Gasteiger charge is 2.18. The molecule has 1 aromatic heterocycles. The Morgan fingerprint density at radius 2 is 1.79 bits per heavy atom. The van der Waals surface area contributed by atoms with Gasteiger partial charge in [0.05, 0.1) is 6.20 Å². The van der Waals surface area contributed by atoms with Gasteiger partial charge in [0.25, 0.3) is 0 Å². The topological polar surface area (TPSA) is 61.4 Å². The summed E-state index contributed by atoms with van der Waals surface area (Å²) in [6, 6.07) is 7.98. The fourth-order valence-corrected chi connectivity index (χ4v) is 2.88. The third kappa shape index (κ3) is 3.88. The number of piperazine rings is 1. The summed E-state index contributed by atoms with van der Waals surface area (Å²) < 4.78 is 0. The summed E-state index contributed by atoms with van der Waals surface area (Å²) >= 11 is 11.8. The third-order valence-corrected chi connectivity index (χ3v) is 4.39. The molecule has 1 aromatic carbocycles. The fourth-order valence-electron chi connectivity index (χ4n) is 2.61. The van der Waals surface area contributed by atoms with Crippen molar-refractivity contribution in [1.29, 1.82) is 0 Å². The van der Waals surface area contributed by atoms with Crippen molar-refractivity contribution in [3.63, 3.8) is 0 Å². The van der Waals surface area contributed by atoms with Gasteiger partial charge in [-0.3, -0.25) is 4.79 Å². The number of hydrogen-bond donors (Lipinski definition) is 1. The zero-order chi connectivity index (χ0) is 17.1. The van der Waals surface area contributed by atoms with Crippen molar-refractivity contribution in [3.8, 4) is 0 Å². The third-order valence-electron chi connectivity index (χ3n) is 3.93. The first-order valence-corrected chi connectivity index (χ1v) is 8.34. The molecule has 2 aromatic rings. The molecule has 0 bridgehead atoms. The maximum absolute atomic E-state index is 11.4. The molecule has 6 nitrogen and oxygen atoms in total. The van der Waals surface area contributed by atoms with Crippen LogP contribution in [-0.2, 0) is 4.79 Å². The van der Waals surface area contributed by atoms with E-state index in [1.807, 2.05) is 29.2 Å². The van der Waals surface area contributed by atoms with E-state index in [1.54, 1.807) is 6.92 Å². The van der Waals surface area contributed by atoms with Crippen LogP contribution < -0.4 is 10.2 Å². The standard InChI is InChI=1S/C16H17Cl2N5O/c1-11(24)22-6-8-23(9-7-22)13-4-2-12(3-5-13)20-15-14(17)10-19-16(18)21-15/h2-5,10H,6-9H2,1H3,(H,19,20,21). The number of hydrogen-bond acceptors (Lipinski definition) is 5. The molecule has 1 aliphatic heterocycles. The maximum Gasteiger partial charge on any atom is 0.224 e. The van der Waals surface area contributed by atoms with E-state index in [0.717, 1.165) is 37.6 Å². The van der Waals surface area contributed by atoms with Crippen molar-refractivity contribution < 1.29 is 4.79 Å². The molecule has 0 saturated carbocycles. The number of carbonyl (C=O) groups excluding carboxylic acids is 1. The van der Waals surface area contributed by atoms with Gasteiger partial charge in [0, 0.05) is 44.5 Å². The molecule has 0 radical (unpaired) electrons. The second-order valence-corrected chi connectivity index (χ2v) is 6.25. The van der Waals surface area contributed by atoms with E-state index in [1.165, 1.54) is 6.20 Å². The molecule has 0 unspecified atom stereocenters. The molecule has 1 fully saturated rings. The number of nitrogens with zero attached hydrogens (tertiary/aromatic N) is 4. The van der Waals surface area contributed by atoms with Crippen molar-refractivity contribution in [3.05, 3.63) is 40.8 Å². The molecule has 1 aliphatic rings. The minimum Gasteiger partial charge on any atom is -0.368 e. The Kier molecular flexibility index (Phi) is 5.06. The van der Waals surface area contributed by atoms with Crippen LogP contribution in [-0.4, -0.2) is 47.0 Å². The predicted octanol–water partition coefficient (Wildman–Crippen LogP) is 3.20. The van der Waals surface area contributed by atoms with Crippen molar-refractivity contribution in [1.82, 2.24) is 14.9 Å². The van der Waals surface area contributed by atoms with Gasteiger partial charge in [0.1, 0.15) is 5.02 Å². The Balaban J connectivity index is 1.66. The van der Waals surface area contributed by atoms with Gasteiger partial charge in [-0.2, -0.15) is 4.98 Å². The maximum atomic E-state index is 11.4. The lowest BCUT2D eigenvalue weighted by Gasteiger charge is -2.35. The van der Waals surface area contributed by atoms with E-state index in [9.17, 15) is 4.79 Å². The van der Waals surface area contributed by atoms with Gasteiger partial charge in [-0.15, -0.1) is 0 Å². The smallest absolute Gasteiger partial charge is 0.224 e. The average molecular weight is 366 g/mol. The summed E-state index contributed by atoms with van der Waals surface area (Å²) in [6.07, 6.45) is 1.46. The van der Waals surface area contributed by atoms with Crippen molar-refractivity contribution in [2.75, 3.05) is 36.4 Å². The van der Waals surface area contributed by atoms with Gasteiger partial charge >= 0.3 is 0 Å². The molecule has 126 valence electrons. The number of aromatic nitrogens is 2. The van der Waals surface area contributed by atoms with Crippen LogP contribution >= 0.6 is 23.2 Å². The lowest BCUT2D eigenvalue weighted by Crippen LogP contribution is -2.48. The molecule has 1 amide bonds. The molecule has 3 rings (SSSR count). The van der Waals surface area contributed by atoms with Gasteiger partial charge in [-0.05, 0) is 35.9 Å². The van der Waals surface area contributed by atoms with Gasteiger partial charge in [-0.25, -0.2) is 4.98 Å². The molecule has 0 atom stereocenters. The van der Waals surface area contributed by atoms with Crippen molar-refractivity contribution in [2.24, 2.45) is 0 Å². The van der Waals surface area contributed by atoms with Crippen LogP contribution in [0, 0.1) is 0 Å². The Morgan fingerprint density at radius 1 is 1.12 bits per heavy atom. The largest absolute Gasteiger partial charge is 0.368 e. The number of nitrogens with one attached hydrogen (secondary N) is 1. The van der Waals surface area contributed by atoms with E-state index >= 15 is 0 Å². The van der Waals surface area contributed by atoms with Gasteiger partial charge in [0.2, 0.25) is 11.2 Å².